The number of hydrogen-bond donors (Lipinski definition) is 11. The smallest absolute Gasteiger partial charge is 0.313 e. The zero-order valence-electron chi connectivity index (χ0n) is 48.3. The van der Waals surface area contributed by atoms with E-state index in [0.29, 0.717) is 55.1 Å². The van der Waals surface area contributed by atoms with Gasteiger partial charge < -0.3 is 62.3 Å². The number of Topliss-reactive ketones (excluding diaryl/α,β-unsaturated/α-hetero) is 2. The molecule has 18 heteroatoms. The lowest BCUT2D eigenvalue weighted by Gasteiger charge is -2.64. The number of benzene rings is 1. The summed E-state index contributed by atoms with van der Waals surface area (Å²) in [5, 5.41) is 92.9. The van der Waals surface area contributed by atoms with Crippen molar-refractivity contribution in [3.63, 3.8) is 0 Å². The highest BCUT2D eigenvalue weighted by Gasteiger charge is 2.76. The van der Waals surface area contributed by atoms with Gasteiger partial charge in [-0.1, -0.05) is 65.1 Å². The van der Waals surface area contributed by atoms with Crippen LogP contribution in [0.25, 0.3) is 0 Å². The van der Waals surface area contributed by atoms with Crippen molar-refractivity contribution in [1.29, 1.82) is 0 Å². The van der Waals surface area contributed by atoms with Gasteiger partial charge in [0.2, 0.25) is 0 Å². The average molecular weight is 1180 g/mol. The molecule has 450 valence electrons. The summed E-state index contributed by atoms with van der Waals surface area (Å²) in [7, 11) is 3.06. The van der Waals surface area contributed by atoms with Crippen LogP contribution in [0.3, 0.4) is 0 Å². The number of aromatic nitrogens is 1. The van der Waals surface area contributed by atoms with Crippen LogP contribution in [0.4, 0.5) is 0 Å². The number of aliphatic hydroxyl groups is 6. The average Bonchev–Trinajstić information content (AvgIpc) is 1.78. The van der Waals surface area contributed by atoms with Gasteiger partial charge in [0.05, 0.1) is 53.8 Å². The highest BCUT2D eigenvalue weighted by molar-refractivity contribution is 8.76. The lowest BCUT2D eigenvalue weighted by Crippen LogP contribution is -2.68. The number of nitrogens with one attached hydrogen (secondary N) is 2. The number of cyclic esters (lactones) is 1. The number of aliphatic imine (C=N–C) groups is 1. The topological polar surface area (TPSA) is 294 Å². The molecule has 3 heterocycles. The van der Waals surface area contributed by atoms with Crippen LogP contribution in [0, 0.1) is 93.2 Å². The van der Waals surface area contributed by atoms with E-state index in [0.717, 1.165) is 30.4 Å². The van der Waals surface area contributed by atoms with E-state index < -0.39 is 86.7 Å². The van der Waals surface area contributed by atoms with Gasteiger partial charge in [-0.2, -0.15) is 0 Å². The number of phenols is 1. The molecule has 8 aliphatic carbocycles. The van der Waals surface area contributed by atoms with Crippen LogP contribution in [0.5, 0.6) is 5.75 Å². The molecule has 4 bridgehead atoms. The van der Waals surface area contributed by atoms with Crippen molar-refractivity contribution >= 4 is 45.1 Å². The summed E-state index contributed by atoms with van der Waals surface area (Å²) in [5.74, 6) is 2.53. The first-order valence-corrected chi connectivity index (χ1v) is 33.3. The van der Waals surface area contributed by atoms with E-state index in [1.165, 1.54) is 16.4 Å². The summed E-state index contributed by atoms with van der Waals surface area (Å²) < 4.78 is 6.01. The van der Waals surface area contributed by atoms with Gasteiger partial charge in [-0.05, 0) is 172 Å². The normalized spacial score (nSPS) is 45.2. The first-order chi connectivity index (χ1) is 39.6. The van der Waals surface area contributed by atoms with E-state index in [9.17, 15) is 45.3 Å². The Morgan fingerprint density at radius 3 is 2.46 bits per heavy atom. The fourth-order valence-electron chi connectivity index (χ4n) is 20.3. The lowest BCUT2D eigenvalue weighted by molar-refractivity contribution is -0.229. The fourth-order valence-corrected chi connectivity index (χ4v) is 23.0. The number of fused-ring (bicyclic) bond motifs is 10. The molecule has 13 N–H and O–H groups in total. The van der Waals surface area contributed by atoms with Crippen molar-refractivity contribution in [3.05, 3.63) is 76.8 Å². The number of guanidine groups is 1. The van der Waals surface area contributed by atoms with Gasteiger partial charge in [-0.15, -0.1) is 5.92 Å². The van der Waals surface area contributed by atoms with E-state index in [-0.39, 0.29) is 136 Å². The molecular formula is C65H87N5O11S2. The number of hydrogen-bond acceptors (Lipinski definition) is 15. The van der Waals surface area contributed by atoms with E-state index >= 15 is 4.79 Å². The highest BCUT2D eigenvalue weighted by atomic mass is 33.1. The van der Waals surface area contributed by atoms with Gasteiger partial charge in [0, 0.05) is 90.8 Å². The molecule has 0 unspecified atom stereocenters. The predicted octanol–water partition coefficient (Wildman–Crippen LogP) is 6.39. The largest absolute Gasteiger partial charge is 0.508 e. The van der Waals surface area contributed by atoms with Crippen LogP contribution in [0.2, 0.25) is 0 Å². The number of carbonyl (C=O) groups excluding carboxylic acids is 3. The van der Waals surface area contributed by atoms with Crippen molar-refractivity contribution in [2.24, 2.45) is 97.8 Å². The van der Waals surface area contributed by atoms with Gasteiger partial charge in [-0.25, -0.2) is 0 Å². The molecule has 12 rings (SSSR count). The molecule has 2 aliphatic heterocycles. The maximum Gasteiger partial charge on any atom is 0.313 e. The molecular weight excluding hydrogens is 1090 g/mol. The minimum Gasteiger partial charge on any atom is -0.508 e. The number of ketones is 2. The zero-order valence-corrected chi connectivity index (χ0v) is 49.9. The molecule has 1 spiro atoms. The second-order valence-electron chi connectivity index (χ2n) is 28.0. The molecule has 10 aliphatic rings. The number of esters is 1. The van der Waals surface area contributed by atoms with E-state index in [1.807, 2.05) is 37.5 Å². The number of ether oxygens (including phenoxy) is 1. The second-order valence-corrected chi connectivity index (χ2v) is 30.5. The Labute approximate surface area is 495 Å². The van der Waals surface area contributed by atoms with Crippen molar-refractivity contribution in [2.45, 2.75) is 158 Å². The molecule has 5 saturated carbocycles. The molecule has 1 aromatic carbocycles. The number of phenolic OH excluding ortho intramolecular Hbond substituents is 1. The third-order valence-electron chi connectivity index (χ3n) is 24.0. The Bertz CT molecular complexity index is 2990. The molecule has 21 atom stereocenters. The summed E-state index contributed by atoms with van der Waals surface area (Å²) in [6, 6.07) is 8.76. The zero-order chi connectivity index (χ0) is 58.6. The monoisotopic (exact) mass is 1180 g/mol. The van der Waals surface area contributed by atoms with Gasteiger partial charge in [0.25, 0.3) is 0 Å². The summed E-state index contributed by atoms with van der Waals surface area (Å²) >= 11 is 0. The molecule has 16 nitrogen and oxygen atoms in total. The Morgan fingerprint density at radius 2 is 1.71 bits per heavy atom. The second kappa shape index (κ2) is 22.1. The first kappa shape index (κ1) is 59.0. The fraction of sp³-hybridized carbons (Fsp3) is 0.692. The van der Waals surface area contributed by atoms with Crippen molar-refractivity contribution in [2.75, 3.05) is 37.8 Å². The summed E-state index contributed by atoms with van der Waals surface area (Å²) in [4.78, 5) is 52.4. The molecule has 2 aromatic rings. The van der Waals surface area contributed by atoms with Crippen molar-refractivity contribution in [3.8, 4) is 17.6 Å². The number of allylic oxidation sites excluding steroid dienone is 3. The molecule has 2 saturated heterocycles. The van der Waals surface area contributed by atoms with Crippen LogP contribution in [0.1, 0.15) is 140 Å². The van der Waals surface area contributed by atoms with E-state index in [4.69, 9.17) is 16.2 Å². The maximum atomic E-state index is 16.1. The molecule has 0 amide bonds. The van der Waals surface area contributed by atoms with Crippen LogP contribution in [-0.2, 0) is 19.1 Å². The number of rotatable bonds is 7. The van der Waals surface area contributed by atoms with Gasteiger partial charge in [0.1, 0.15) is 5.75 Å². The Hall–Kier alpha value is -4.32. The summed E-state index contributed by atoms with van der Waals surface area (Å²) in [5.41, 5.74) is 7.37. The number of carbonyl (C=O) groups is 3. The van der Waals surface area contributed by atoms with Crippen LogP contribution >= 0.6 is 21.6 Å². The third-order valence-corrected chi connectivity index (χ3v) is 26.5. The number of H-pyrrole nitrogens is 1. The Kier molecular flexibility index (Phi) is 15.7. The van der Waals surface area contributed by atoms with Crippen molar-refractivity contribution < 1.29 is 54.9 Å². The van der Waals surface area contributed by atoms with Crippen molar-refractivity contribution in [1.82, 2.24) is 10.3 Å². The highest BCUT2D eigenvalue weighted by Crippen LogP contribution is 2.74. The molecule has 7 fully saturated rings. The quantitative estimate of drug-likeness (QED) is 0.0358. The number of aromatic hydroxyl groups is 1. The van der Waals surface area contributed by atoms with Gasteiger partial charge in [0.15, 0.2) is 17.5 Å². The lowest BCUT2D eigenvalue weighted by atomic mass is 9.42. The summed E-state index contributed by atoms with van der Waals surface area (Å²) in [6.07, 6.45) is 9.97. The predicted molar refractivity (Wildman–Crippen MR) is 318 cm³/mol. The Balaban J connectivity index is 1.04. The minimum absolute atomic E-state index is 0.00825. The number of nitrogens with zero attached hydrogens (tertiary/aromatic N) is 1. The summed E-state index contributed by atoms with van der Waals surface area (Å²) in [6.45, 7) is 5.82. The molecule has 83 heavy (non-hydrogen) atoms. The van der Waals surface area contributed by atoms with E-state index in [1.54, 1.807) is 29.9 Å². The van der Waals surface area contributed by atoms with Gasteiger partial charge >= 0.3 is 5.97 Å². The van der Waals surface area contributed by atoms with Crippen LogP contribution in [0.15, 0.2) is 70.6 Å². The molecule has 1 aromatic heterocycles. The maximum absolute atomic E-state index is 16.1. The van der Waals surface area contributed by atoms with Crippen LogP contribution in [-0.4, -0.2) is 131 Å². The van der Waals surface area contributed by atoms with Gasteiger partial charge in [-0.3, -0.25) is 19.4 Å². The molecule has 0 radical (unpaired) electrons. The Morgan fingerprint density at radius 1 is 0.928 bits per heavy atom. The van der Waals surface area contributed by atoms with E-state index in [2.05, 4.69) is 40.1 Å². The number of aliphatic hydroxyl groups excluding tert-OH is 3. The SMILES string of the molecule is C[C@@H]1CCC2=CC[C@H]3[C@H](CO)C[C@]4(O)CC[C@]3(C[C@@H]([C@H]3COC(=O)[C@H]3c3cc[nH]c3)C#CC[C@H]3C[C@@]5(O)C6=C7NCC(=O)C[C@@H](c8ccc(O)cc8)CSSC[C@H]8[C@@H](O)[C@@H](O)C[C@@](C)([C@@H]8C7=O)[C@H]6CC[C@]5(CCN=C(N)N)[C@H]3[C@@]4(C)O)[C@H]2C1. The third kappa shape index (κ3) is 9.56. The minimum atomic E-state index is -1.96. The standard InChI is InChI=1S/C65H87N5O11S2/c1-35-7-8-37-11-14-47-42(31-71)26-64(79)19-18-62(47,49(37)23-35)25-38(45-32-81-58(77)51(45)40-16-21-68-29-40)5-4-6-39-27-65(80)53-48(15-17-63(65,20-22-69-59(66)67)57(39)61(64,3)78)60(2)28-50(74)55(75)46-34-83-82-33-41(36-9-12-43(72)13-10-36)24-44(73)30-70-54(53)56(76)52(46)60/h9-13,16,21,29,35,38-39,41-42,45-52,55,57,68,70-72,74-75,78-80H,6-8,14-15,17-20,22-28,30-34H2,1-3H3,(H4,66,67,69)/t35-,38+,39+,41-,42+,45-,46-,47+,48+,49+,50+,51+,52+,55-,57-,60-,61-,62-,63+,64-,65-/m1/s1. The number of aromatic amines is 1. The number of nitrogens with two attached hydrogens (primary N) is 2. The van der Waals surface area contributed by atoms with Crippen LogP contribution < -0.4 is 16.8 Å². The first-order valence-electron chi connectivity index (χ1n) is 30.8.